The number of anilines is 3. The lowest BCUT2D eigenvalue weighted by Crippen LogP contribution is -2.27. The van der Waals surface area contributed by atoms with E-state index in [0.29, 0.717) is 22.4 Å². The molecule has 10 heteroatoms. The normalized spacial score (nSPS) is 12.0. The number of benzene rings is 2. The summed E-state index contributed by atoms with van der Waals surface area (Å²) in [5.41, 5.74) is 2.06. The average Bonchev–Trinajstić information content (AvgIpc) is 2.82. The van der Waals surface area contributed by atoms with Gasteiger partial charge >= 0.3 is 0 Å². The van der Waals surface area contributed by atoms with E-state index in [1.54, 1.807) is 79.7 Å². The van der Waals surface area contributed by atoms with Crippen molar-refractivity contribution in [1.82, 2.24) is 14.9 Å². The van der Waals surface area contributed by atoms with Crippen LogP contribution < -0.4 is 15.4 Å². The Labute approximate surface area is 211 Å². The Kier molecular flexibility index (Phi) is 8.71. The number of likely N-dealkylation sites (N-methyl/N-ethyl adjacent to an activating group) is 1. The zero-order valence-electron chi connectivity index (χ0n) is 20.1. The summed E-state index contributed by atoms with van der Waals surface area (Å²) < 4.78 is 29.1. The predicted molar refractivity (Wildman–Crippen MR) is 145 cm³/mol. The molecule has 3 aromatic rings. The van der Waals surface area contributed by atoms with E-state index in [2.05, 4.69) is 38.5 Å². The van der Waals surface area contributed by atoms with E-state index < -0.39 is 10.0 Å². The van der Waals surface area contributed by atoms with Crippen LogP contribution in [-0.4, -0.2) is 49.8 Å². The number of para-hydroxylation sites is 2. The molecule has 9 nitrogen and oxygen atoms in total. The van der Waals surface area contributed by atoms with Gasteiger partial charge in [0.1, 0.15) is 0 Å². The number of rotatable bonds is 11. The molecular formula is C26H28N6O3S. The van der Waals surface area contributed by atoms with Gasteiger partial charge in [0, 0.05) is 11.4 Å². The largest absolute Gasteiger partial charge is 0.337 e. The second-order valence-corrected chi connectivity index (χ2v) is 9.59. The first-order valence-corrected chi connectivity index (χ1v) is 12.4. The number of hydrogen-bond donors (Lipinski definition) is 3. The van der Waals surface area contributed by atoms with Crippen molar-refractivity contribution in [2.45, 2.75) is 4.90 Å². The molecular weight excluding hydrogens is 476 g/mol. The maximum absolute atomic E-state index is 13.3. The third-order valence-electron chi connectivity index (χ3n) is 4.66. The zero-order chi connectivity index (χ0) is 26.1. The lowest BCUT2D eigenvalue weighted by molar-refractivity contribution is -0.116. The standard InChI is InChI=1S/C26H28N6O3S/c1-5-7-12-19(11-6-2)28-25-26(30-23-16-9-8-15-22(23)29-25)31-36(34,35)21-14-10-13-20(17-21)27-24(33)18-32(3)4/h5-17H,1-2,18H2,3-4H3,(H,27,33)(H,28,29)(H,30,31)/b12-7-,19-11+. The van der Waals surface area contributed by atoms with Crippen molar-refractivity contribution in [3.63, 3.8) is 0 Å². The molecule has 3 N–H and O–H groups in total. The second-order valence-electron chi connectivity index (χ2n) is 7.91. The summed E-state index contributed by atoms with van der Waals surface area (Å²) in [6.45, 7) is 7.54. The Balaban J connectivity index is 1.98. The van der Waals surface area contributed by atoms with Gasteiger partial charge in [-0.25, -0.2) is 18.4 Å². The van der Waals surface area contributed by atoms with Gasteiger partial charge in [-0.1, -0.05) is 49.6 Å². The van der Waals surface area contributed by atoms with Crippen LogP contribution in [0.2, 0.25) is 0 Å². The maximum Gasteiger partial charge on any atom is 0.263 e. The zero-order valence-corrected chi connectivity index (χ0v) is 20.9. The number of fused-ring (bicyclic) bond motifs is 1. The van der Waals surface area contributed by atoms with Crippen molar-refractivity contribution < 1.29 is 13.2 Å². The molecule has 0 spiro atoms. The third-order valence-corrected chi connectivity index (χ3v) is 6.00. The summed E-state index contributed by atoms with van der Waals surface area (Å²) in [5.74, 6) is -0.0456. The number of nitrogens with zero attached hydrogens (tertiary/aromatic N) is 3. The molecule has 0 bridgehead atoms. The maximum atomic E-state index is 13.3. The summed E-state index contributed by atoms with van der Waals surface area (Å²) in [5, 5.41) is 5.80. The Bertz CT molecular complexity index is 1450. The Hall–Kier alpha value is -4.28. The van der Waals surface area contributed by atoms with E-state index in [0.717, 1.165) is 0 Å². The first kappa shape index (κ1) is 26.3. The van der Waals surface area contributed by atoms with Gasteiger partial charge in [-0.15, -0.1) is 0 Å². The van der Waals surface area contributed by atoms with Gasteiger partial charge in [-0.3, -0.25) is 9.52 Å². The highest BCUT2D eigenvalue weighted by Gasteiger charge is 2.20. The minimum absolute atomic E-state index is 0.0118. The van der Waals surface area contributed by atoms with Gasteiger partial charge in [-0.05, 0) is 56.6 Å². The summed E-state index contributed by atoms with van der Waals surface area (Å²) >= 11 is 0. The van der Waals surface area contributed by atoms with Crippen LogP contribution in [0.25, 0.3) is 11.0 Å². The SMILES string of the molecule is C=C/C=C\C(=C/C=C)Nc1nc2ccccc2nc1NS(=O)(=O)c1cccc(NC(=O)CN(C)C)c1. The molecule has 186 valence electrons. The highest BCUT2D eigenvalue weighted by Crippen LogP contribution is 2.26. The van der Waals surface area contributed by atoms with Crippen LogP contribution >= 0.6 is 0 Å². The van der Waals surface area contributed by atoms with Crippen LogP contribution in [0.4, 0.5) is 17.3 Å². The number of sulfonamides is 1. The van der Waals surface area contributed by atoms with E-state index >= 15 is 0 Å². The van der Waals surface area contributed by atoms with Crippen molar-refractivity contribution in [1.29, 1.82) is 0 Å². The number of aromatic nitrogens is 2. The van der Waals surface area contributed by atoms with Gasteiger partial charge in [0.05, 0.1) is 22.5 Å². The van der Waals surface area contributed by atoms with Crippen LogP contribution in [0.1, 0.15) is 0 Å². The number of carbonyl (C=O) groups is 1. The monoisotopic (exact) mass is 504 g/mol. The van der Waals surface area contributed by atoms with Gasteiger partial charge in [0.2, 0.25) is 5.91 Å². The highest BCUT2D eigenvalue weighted by molar-refractivity contribution is 7.92. The fourth-order valence-corrected chi connectivity index (χ4v) is 4.20. The molecule has 0 aliphatic rings. The molecule has 2 aromatic carbocycles. The smallest absolute Gasteiger partial charge is 0.263 e. The Morgan fingerprint density at radius 3 is 2.31 bits per heavy atom. The van der Waals surface area contributed by atoms with Crippen molar-refractivity contribution in [2.24, 2.45) is 0 Å². The molecule has 3 rings (SSSR count). The van der Waals surface area contributed by atoms with Gasteiger partial charge in [0.15, 0.2) is 11.6 Å². The minimum Gasteiger partial charge on any atom is -0.337 e. The molecule has 1 amide bonds. The van der Waals surface area contributed by atoms with Gasteiger partial charge < -0.3 is 15.5 Å². The van der Waals surface area contributed by atoms with Crippen LogP contribution in [0.15, 0.2) is 103 Å². The quantitative estimate of drug-likeness (QED) is 0.336. The third kappa shape index (κ3) is 7.11. The summed E-state index contributed by atoms with van der Waals surface area (Å²) in [7, 11) is -0.544. The predicted octanol–water partition coefficient (Wildman–Crippen LogP) is 4.15. The van der Waals surface area contributed by atoms with Crippen molar-refractivity contribution in [3.8, 4) is 0 Å². The summed E-state index contributed by atoms with van der Waals surface area (Å²) in [6.07, 6.45) is 8.36. The first-order chi connectivity index (χ1) is 17.2. The topological polar surface area (TPSA) is 116 Å². The van der Waals surface area contributed by atoms with Gasteiger partial charge in [-0.2, -0.15) is 0 Å². The van der Waals surface area contributed by atoms with Crippen molar-refractivity contribution >= 4 is 44.3 Å². The summed E-state index contributed by atoms with van der Waals surface area (Å²) in [4.78, 5) is 22.8. The fraction of sp³-hybridized carbons (Fsp3) is 0.115. The summed E-state index contributed by atoms with van der Waals surface area (Å²) in [6, 6.07) is 13.1. The molecule has 0 aliphatic heterocycles. The number of allylic oxidation sites excluding steroid dienone is 5. The van der Waals surface area contributed by atoms with E-state index in [1.165, 1.54) is 12.1 Å². The van der Waals surface area contributed by atoms with Crippen LogP contribution in [0, 0.1) is 0 Å². The Morgan fingerprint density at radius 1 is 0.972 bits per heavy atom. The van der Waals surface area contributed by atoms with E-state index in [1.807, 2.05) is 6.07 Å². The Morgan fingerprint density at radius 2 is 1.67 bits per heavy atom. The fourth-order valence-electron chi connectivity index (χ4n) is 3.15. The van der Waals surface area contributed by atoms with Crippen molar-refractivity contribution in [2.75, 3.05) is 36.0 Å². The molecule has 0 saturated carbocycles. The lowest BCUT2D eigenvalue weighted by atomic mass is 10.3. The lowest BCUT2D eigenvalue weighted by Gasteiger charge is -2.15. The van der Waals surface area contributed by atoms with Crippen molar-refractivity contribution in [3.05, 3.63) is 97.8 Å². The molecule has 0 atom stereocenters. The number of carbonyl (C=O) groups excluding carboxylic acids is 1. The number of nitrogens with one attached hydrogen (secondary N) is 3. The first-order valence-electron chi connectivity index (χ1n) is 10.9. The molecule has 0 radical (unpaired) electrons. The molecule has 36 heavy (non-hydrogen) atoms. The van der Waals surface area contributed by atoms with Gasteiger partial charge in [0.25, 0.3) is 10.0 Å². The molecule has 0 aliphatic carbocycles. The van der Waals surface area contributed by atoms with E-state index in [9.17, 15) is 13.2 Å². The van der Waals surface area contributed by atoms with Crippen LogP contribution in [0.5, 0.6) is 0 Å². The minimum atomic E-state index is -4.08. The van der Waals surface area contributed by atoms with E-state index in [4.69, 9.17) is 0 Å². The molecule has 1 heterocycles. The average molecular weight is 505 g/mol. The molecule has 0 fully saturated rings. The number of amides is 1. The molecule has 0 saturated heterocycles. The number of hydrogen-bond acceptors (Lipinski definition) is 7. The highest BCUT2D eigenvalue weighted by atomic mass is 32.2. The second kappa shape index (κ2) is 11.9. The molecule has 1 aromatic heterocycles. The van der Waals surface area contributed by atoms with Crippen LogP contribution in [-0.2, 0) is 14.8 Å². The van der Waals surface area contributed by atoms with E-state index in [-0.39, 0.29) is 29.0 Å². The van der Waals surface area contributed by atoms with Crippen LogP contribution in [0.3, 0.4) is 0 Å². The molecule has 0 unspecified atom stereocenters.